The summed E-state index contributed by atoms with van der Waals surface area (Å²) in [5.41, 5.74) is 3.76. The molecule has 0 saturated carbocycles. The maximum atomic E-state index is 13.0. The van der Waals surface area contributed by atoms with Gasteiger partial charge in [-0.25, -0.2) is 0 Å². The van der Waals surface area contributed by atoms with Gasteiger partial charge in [-0.2, -0.15) is 0 Å². The Morgan fingerprint density at radius 1 is 0.778 bits per heavy atom. The Bertz CT molecular complexity index is 821. The van der Waals surface area contributed by atoms with Crippen LogP contribution in [0.4, 0.5) is 0 Å². The molecule has 0 radical (unpaired) electrons. The van der Waals surface area contributed by atoms with Gasteiger partial charge in [0.1, 0.15) is 5.78 Å². The minimum Gasteiger partial charge on any atom is -0.299 e. The predicted molar refractivity (Wildman–Crippen MR) is 110 cm³/mol. The average Bonchev–Trinajstić information content (AvgIpc) is 2.73. The Morgan fingerprint density at radius 2 is 1.30 bits per heavy atom. The van der Waals surface area contributed by atoms with Crippen LogP contribution < -0.4 is 0 Å². The predicted octanol–water partition coefficient (Wildman–Crippen LogP) is 4.91. The Labute approximate surface area is 161 Å². The van der Waals surface area contributed by atoms with Crippen LogP contribution in [0, 0.1) is 5.92 Å². The third-order valence-electron chi connectivity index (χ3n) is 5.51. The van der Waals surface area contributed by atoms with Crippen molar-refractivity contribution in [1.29, 1.82) is 0 Å². The molecule has 0 bridgehead atoms. The molecule has 1 saturated heterocycles. The van der Waals surface area contributed by atoms with Crippen LogP contribution in [-0.2, 0) is 11.3 Å². The normalized spacial score (nSPS) is 18.0. The number of hydrogen-bond acceptors (Lipinski definition) is 2. The highest BCUT2D eigenvalue weighted by molar-refractivity contribution is 5.83. The number of nitrogens with zero attached hydrogens (tertiary/aromatic N) is 1. The molecule has 1 fully saturated rings. The van der Waals surface area contributed by atoms with Gasteiger partial charge < -0.3 is 0 Å². The van der Waals surface area contributed by atoms with E-state index in [1.807, 2.05) is 18.2 Å². The van der Waals surface area contributed by atoms with Crippen LogP contribution in [0.15, 0.2) is 91.0 Å². The summed E-state index contributed by atoms with van der Waals surface area (Å²) in [5.74, 6) is 0.489. The van der Waals surface area contributed by atoms with Gasteiger partial charge in [0.15, 0.2) is 0 Å². The van der Waals surface area contributed by atoms with Gasteiger partial charge in [0.05, 0.1) is 0 Å². The van der Waals surface area contributed by atoms with Crippen LogP contribution in [0.3, 0.4) is 0 Å². The second kappa shape index (κ2) is 8.32. The van der Waals surface area contributed by atoms with Crippen molar-refractivity contribution in [2.24, 2.45) is 5.92 Å². The first-order valence-corrected chi connectivity index (χ1v) is 9.70. The Hall–Kier alpha value is -2.71. The van der Waals surface area contributed by atoms with Crippen molar-refractivity contribution in [3.63, 3.8) is 0 Å². The van der Waals surface area contributed by atoms with Gasteiger partial charge in [0, 0.05) is 37.9 Å². The molecule has 0 aromatic heterocycles. The molecule has 136 valence electrons. The molecule has 0 spiro atoms. The quantitative estimate of drug-likeness (QED) is 0.648. The average molecular weight is 355 g/mol. The summed E-state index contributed by atoms with van der Waals surface area (Å²) in [6, 6.07) is 31.5. The van der Waals surface area contributed by atoms with E-state index in [2.05, 4.69) is 77.7 Å². The van der Waals surface area contributed by atoms with Crippen molar-refractivity contribution in [3.05, 3.63) is 108 Å². The fourth-order valence-corrected chi connectivity index (χ4v) is 4.18. The molecular weight excluding hydrogens is 330 g/mol. The van der Waals surface area contributed by atoms with Gasteiger partial charge in [0.25, 0.3) is 0 Å². The van der Waals surface area contributed by atoms with E-state index < -0.39 is 0 Å². The lowest BCUT2D eigenvalue weighted by molar-refractivity contribution is -0.126. The first-order chi connectivity index (χ1) is 13.3. The van der Waals surface area contributed by atoms with E-state index in [0.717, 1.165) is 19.6 Å². The van der Waals surface area contributed by atoms with Crippen LogP contribution in [0.5, 0.6) is 0 Å². The minimum absolute atomic E-state index is 0.00716. The molecule has 27 heavy (non-hydrogen) atoms. The highest BCUT2D eigenvalue weighted by Crippen LogP contribution is 2.35. The molecule has 4 rings (SSSR count). The van der Waals surface area contributed by atoms with Gasteiger partial charge in [-0.3, -0.25) is 9.69 Å². The van der Waals surface area contributed by atoms with Crippen LogP contribution in [0.2, 0.25) is 0 Å². The number of likely N-dealkylation sites (tertiary alicyclic amines) is 1. The maximum Gasteiger partial charge on any atom is 0.139 e. The number of carbonyl (C=O) groups is 1. The maximum absolute atomic E-state index is 13.0. The Kier molecular flexibility index (Phi) is 5.45. The third kappa shape index (κ3) is 4.17. The summed E-state index contributed by atoms with van der Waals surface area (Å²) in [5, 5.41) is 0. The van der Waals surface area contributed by atoms with Crippen LogP contribution >= 0.6 is 0 Å². The first-order valence-electron chi connectivity index (χ1n) is 9.70. The summed E-state index contributed by atoms with van der Waals surface area (Å²) in [6.45, 7) is 2.56. The number of piperidine rings is 1. The van der Waals surface area contributed by atoms with Crippen molar-refractivity contribution < 1.29 is 4.79 Å². The standard InChI is InChI=1S/C25H25NO/c27-24-16-17-26(18-20-10-4-1-5-11-20)19-23(24)25(21-12-6-2-7-13-21)22-14-8-3-9-15-22/h1-15,23,25H,16-19H2/t23-/m0/s1. The minimum atomic E-state index is -0.00716. The fraction of sp³-hybridized carbons (Fsp3) is 0.240. The summed E-state index contributed by atoms with van der Waals surface area (Å²) in [4.78, 5) is 15.4. The van der Waals surface area contributed by atoms with Gasteiger partial charge in [-0.15, -0.1) is 0 Å². The molecule has 0 N–H and O–H groups in total. The number of Topliss-reactive ketones (excluding diaryl/α,β-unsaturated/α-hetero) is 1. The van der Waals surface area contributed by atoms with Crippen molar-refractivity contribution >= 4 is 5.78 Å². The van der Waals surface area contributed by atoms with Gasteiger partial charge in [-0.1, -0.05) is 91.0 Å². The molecule has 2 heteroatoms. The lowest BCUT2D eigenvalue weighted by Crippen LogP contribution is -2.43. The largest absolute Gasteiger partial charge is 0.299 e. The molecule has 0 aliphatic carbocycles. The SMILES string of the molecule is O=C1CCN(Cc2ccccc2)C[C@@H]1C(c1ccccc1)c1ccccc1. The molecule has 3 aromatic carbocycles. The van der Waals surface area contributed by atoms with E-state index in [1.165, 1.54) is 16.7 Å². The monoisotopic (exact) mass is 355 g/mol. The summed E-state index contributed by atoms with van der Waals surface area (Å²) in [7, 11) is 0. The zero-order chi connectivity index (χ0) is 18.5. The molecule has 0 unspecified atom stereocenters. The molecular formula is C25H25NO. The van der Waals surface area contributed by atoms with E-state index in [0.29, 0.717) is 12.2 Å². The van der Waals surface area contributed by atoms with E-state index in [-0.39, 0.29) is 11.8 Å². The number of benzene rings is 3. The highest BCUT2D eigenvalue weighted by Gasteiger charge is 2.35. The van der Waals surface area contributed by atoms with Crippen molar-refractivity contribution in [2.75, 3.05) is 13.1 Å². The molecule has 1 atom stereocenters. The van der Waals surface area contributed by atoms with Gasteiger partial charge >= 0.3 is 0 Å². The number of ketones is 1. The molecule has 1 aliphatic heterocycles. The summed E-state index contributed by atoms with van der Waals surface area (Å²) in [6.07, 6.45) is 0.633. The Balaban J connectivity index is 1.63. The number of rotatable bonds is 5. The van der Waals surface area contributed by atoms with E-state index in [9.17, 15) is 4.79 Å². The lowest BCUT2D eigenvalue weighted by Gasteiger charge is -2.36. The second-order valence-electron chi connectivity index (χ2n) is 7.34. The molecule has 0 amide bonds. The molecule has 1 heterocycles. The van der Waals surface area contributed by atoms with Crippen molar-refractivity contribution in [3.8, 4) is 0 Å². The highest BCUT2D eigenvalue weighted by atomic mass is 16.1. The summed E-state index contributed by atoms with van der Waals surface area (Å²) < 4.78 is 0. The fourth-order valence-electron chi connectivity index (χ4n) is 4.18. The lowest BCUT2D eigenvalue weighted by atomic mass is 9.76. The third-order valence-corrected chi connectivity index (χ3v) is 5.51. The smallest absolute Gasteiger partial charge is 0.139 e. The van der Waals surface area contributed by atoms with Crippen LogP contribution in [0.1, 0.15) is 29.0 Å². The summed E-state index contributed by atoms with van der Waals surface area (Å²) >= 11 is 0. The zero-order valence-electron chi connectivity index (χ0n) is 15.5. The zero-order valence-corrected chi connectivity index (χ0v) is 15.5. The van der Waals surface area contributed by atoms with Crippen molar-refractivity contribution in [2.45, 2.75) is 18.9 Å². The topological polar surface area (TPSA) is 20.3 Å². The molecule has 1 aliphatic rings. The molecule has 3 aromatic rings. The molecule has 2 nitrogen and oxygen atoms in total. The number of carbonyl (C=O) groups excluding carboxylic acids is 1. The Morgan fingerprint density at radius 3 is 1.85 bits per heavy atom. The second-order valence-corrected chi connectivity index (χ2v) is 7.34. The van der Waals surface area contributed by atoms with Crippen LogP contribution in [0.25, 0.3) is 0 Å². The van der Waals surface area contributed by atoms with Gasteiger partial charge in [-0.05, 0) is 16.7 Å². The first kappa shape index (κ1) is 17.7. The van der Waals surface area contributed by atoms with E-state index in [4.69, 9.17) is 0 Å². The van der Waals surface area contributed by atoms with Crippen LogP contribution in [-0.4, -0.2) is 23.8 Å². The number of hydrogen-bond donors (Lipinski definition) is 0. The van der Waals surface area contributed by atoms with Crippen molar-refractivity contribution in [1.82, 2.24) is 4.90 Å². The van der Waals surface area contributed by atoms with E-state index in [1.54, 1.807) is 0 Å². The van der Waals surface area contributed by atoms with E-state index >= 15 is 0 Å². The van der Waals surface area contributed by atoms with Gasteiger partial charge in [0.2, 0.25) is 0 Å².